The summed E-state index contributed by atoms with van der Waals surface area (Å²) in [4.78, 5) is 28.6. The van der Waals surface area contributed by atoms with Gasteiger partial charge in [0.25, 0.3) is 0 Å². The number of aromatic nitrogens is 3. The van der Waals surface area contributed by atoms with Gasteiger partial charge in [-0.3, -0.25) is 4.90 Å². The van der Waals surface area contributed by atoms with Gasteiger partial charge in [0.05, 0.1) is 6.61 Å². The van der Waals surface area contributed by atoms with E-state index >= 15 is 0 Å². The third-order valence-electron chi connectivity index (χ3n) is 4.97. The van der Waals surface area contributed by atoms with E-state index in [-0.39, 0.29) is 12.1 Å². The summed E-state index contributed by atoms with van der Waals surface area (Å²) >= 11 is 6.22. The lowest BCUT2D eigenvalue weighted by atomic mass is 9.94. The molecule has 3 heterocycles. The molecule has 0 aliphatic carbocycles. The van der Waals surface area contributed by atoms with E-state index in [1.807, 2.05) is 44.1 Å². The minimum Gasteiger partial charge on any atom is -0.450 e. The molecule has 2 aromatic heterocycles. The Morgan fingerprint density at radius 2 is 2.11 bits per heavy atom. The minimum absolute atomic E-state index is 0.327. The van der Waals surface area contributed by atoms with Crippen molar-refractivity contribution in [3.63, 3.8) is 0 Å². The van der Waals surface area contributed by atoms with Crippen molar-refractivity contribution >= 4 is 34.5 Å². The lowest BCUT2D eigenvalue weighted by molar-refractivity contribution is 0.0931. The summed E-state index contributed by atoms with van der Waals surface area (Å²) in [6.07, 6.45) is 3.92. The summed E-state index contributed by atoms with van der Waals surface area (Å²) in [5.74, 6) is 0.617. The number of H-pyrrole nitrogens is 1. The minimum atomic E-state index is -0.342. The molecule has 28 heavy (non-hydrogen) atoms. The third-order valence-corrected chi connectivity index (χ3v) is 5.20. The summed E-state index contributed by atoms with van der Waals surface area (Å²) in [6.45, 7) is 2.68. The van der Waals surface area contributed by atoms with Crippen molar-refractivity contribution in [1.82, 2.24) is 19.9 Å². The van der Waals surface area contributed by atoms with Crippen LogP contribution in [0.2, 0.25) is 5.02 Å². The van der Waals surface area contributed by atoms with Crippen molar-refractivity contribution in [2.75, 3.05) is 32.1 Å². The zero-order chi connectivity index (χ0) is 19.8. The van der Waals surface area contributed by atoms with Gasteiger partial charge in [0.1, 0.15) is 6.04 Å². The number of halogens is 1. The summed E-state index contributed by atoms with van der Waals surface area (Å²) in [6, 6.07) is 5.45. The Kier molecular flexibility index (Phi) is 4.85. The molecule has 3 aromatic rings. The quantitative estimate of drug-likeness (QED) is 0.725. The monoisotopic (exact) mass is 399 g/mol. The number of fused-ring (bicyclic) bond motifs is 3. The first-order valence-electron chi connectivity index (χ1n) is 9.22. The second kappa shape index (κ2) is 7.31. The molecule has 1 N–H and O–H groups in total. The lowest BCUT2D eigenvalue weighted by Crippen LogP contribution is -2.41. The zero-order valence-corrected chi connectivity index (χ0v) is 16.8. The molecule has 7 nitrogen and oxygen atoms in total. The predicted molar refractivity (Wildman–Crippen MR) is 109 cm³/mol. The Morgan fingerprint density at radius 1 is 1.36 bits per heavy atom. The van der Waals surface area contributed by atoms with Crippen LogP contribution < -0.4 is 4.90 Å². The molecular formula is C20H22ClN5O2. The molecule has 1 amide bonds. The van der Waals surface area contributed by atoms with E-state index in [0.717, 1.165) is 28.6 Å². The van der Waals surface area contributed by atoms with Gasteiger partial charge in [-0.15, -0.1) is 0 Å². The second-order valence-corrected chi connectivity index (χ2v) is 7.40. The van der Waals surface area contributed by atoms with Crippen LogP contribution in [-0.4, -0.2) is 53.2 Å². The van der Waals surface area contributed by atoms with E-state index in [1.54, 1.807) is 17.3 Å². The maximum absolute atomic E-state index is 12.7. The molecule has 0 radical (unpaired) electrons. The van der Waals surface area contributed by atoms with E-state index < -0.39 is 0 Å². The number of hydrogen-bond acceptors (Lipinski definition) is 5. The summed E-state index contributed by atoms with van der Waals surface area (Å²) in [5, 5.41) is 1.78. The van der Waals surface area contributed by atoms with Crippen molar-refractivity contribution < 1.29 is 9.53 Å². The second-order valence-electron chi connectivity index (χ2n) is 6.96. The Morgan fingerprint density at radius 3 is 2.79 bits per heavy atom. The number of rotatable bonds is 3. The van der Waals surface area contributed by atoms with Crippen molar-refractivity contribution in [3.8, 4) is 0 Å². The molecule has 0 saturated carbocycles. The van der Waals surface area contributed by atoms with Crippen molar-refractivity contribution in [1.29, 1.82) is 0 Å². The molecule has 1 aliphatic rings. The van der Waals surface area contributed by atoms with Gasteiger partial charge in [-0.2, -0.15) is 0 Å². The third kappa shape index (κ3) is 3.16. The van der Waals surface area contributed by atoms with Crippen LogP contribution in [0.15, 0.2) is 30.6 Å². The van der Waals surface area contributed by atoms with Crippen LogP contribution in [0, 0.1) is 0 Å². The highest BCUT2D eigenvalue weighted by atomic mass is 35.5. The molecule has 8 heteroatoms. The molecule has 146 valence electrons. The fourth-order valence-electron chi connectivity index (χ4n) is 3.71. The number of aromatic amines is 1. The van der Waals surface area contributed by atoms with Gasteiger partial charge in [-0.25, -0.2) is 14.8 Å². The number of hydrogen-bond donors (Lipinski definition) is 1. The van der Waals surface area contributed by atoms with Gasteiger partial charge in [0, 0.05) is 60.2 Å². The van der Waals surface area contributed by atoms with Crippen LogP contribution in [0.5, 0.6) is 0 Å². The largest absolute Gasteiger partial charge is 0.450 e. The van der Waals surface area contributed by atoms with Crippen molar-refractivity contribution in [2.24, 2.45) is 0 Å². The number of anilines is 1. The summed E-state index contributed by atoms with van der Waals surface area (Å²) < 4.78 is 5.31. The van der Waals surface area contributed by atoms with Gasteiger partial charge in [-0.05, 0) is 37.1 Å². The van der Waals surface area contributed by atoms with Crippen molar-refractivity contribution in [2.45, 2.75) is 19.4 Å². The van der Waals surface area contributed by atoms with Gasteiger partial charge < -0.3 is 14.6 Å². The highest BCUT2D eigenvalue weighted by Crippen LogP contribution is 2.39. The fourth-order valence-corrected chi connectivity index (χ4v) is 3.89. The fraction of sp³-hybridized carbons (Fsp3) is 0.350. The predicted octanol–water partition coefficient (Wildman–Crippen LogP) is 3.78. The molecule has 1 aliphatic heterocycles. The van der Waals surface area contributed by atoms with Crippen LogP contribution in [0.3, 0.4) is 0 Å². The SMILES string of the molecule is CCOC(=O)N1CCc2c([nH]c3ccc(Cl)cc23)C1c1cnc(N(C)C)nc1. The number of benzene rings is 1. The number of ether oxygens (including phenoxy) is 1. The van der Waals surface area contributed by atoms with E-state index in [0.29, 0.717) is 24.1 Å². The molecule has 4 rings (SSSR count). The maximum atomic E-state index is 12.7. The Balaban J connectivity index is 1.84. The van der Waals surface area contributed by atoms with E-state index in [9.17, 15) is 4.79 Å². The maximum Gasteiger partial charge on any atom is 0.410 e. The summed E-state index contributed by atoms with van der Waals surface area (Å²) in [7, 11) is 3.78. The van der Waals surface area contributed by atoms with Gasteiger partial charge in [0.15, 0.2) is 0 Å². The molecule has 0 fully saturated rings. The number of nitrogens with one attached hydrogen (secondary N) is 1. The van der Waals surface area contributed by atoms with Crippen LogP contribution in [-0.2, 0) is 11.2 Å². The Hall–Kier alpha value is -2.80. The lowest BCUT2D eigenvalue weighted by Gasteiger charge is -2.35. The number of carbonyl (C=O) groups is 1. The molecular weight excluding hydrogens is 378 g/mol. The first-order chi connectivity index (χ1) is 13.5. The zero-order valence-electron chi connectivity index (χ0n) is 16.1. The molecule has 1 aromatic carbocycles. The van der Waals surface area contributed by atoms with Gasteiger partial charge in [0.2, 0.25) is 5.95 Å². The molecule has 0 saturated heterocycles. The van der Waals surface area contributed by atoms with Crippen LogP contribution in [0.1, 0.15) is 29.8 Å². The average Bonchev–Trinajstić information content (AvgIpc) is 3.05. The smallest absolute Gasteiger partial charge is 0.410 e. The van der Waals surface area contributed by atoms with Crippen LogP contribution >= 0.6 is 11.6 Å². The Labute approximate surface area is 168 Å². The first kappa shape index (κ1) is 18.6. The highest BCUT2D eigenvalue weighted by Gasteiger charge is 2.35. The average molecular weight is 400 g/mol. The topological polar surface area (TPSA) is 74.3 Å². The number of nitrogens with zero attached hydrogens (tertiary/aromatic N) is 4. The van der Waals surface area contributed by atoms with Gasteiger partial charge >= 0.3 is 6.09 Å². The van der Waals surface area contributed by atoms with E-state index in [4.69, 9.17) is 16.3 Å². The molecule has 1 unspecified atom stereocenters. The van der Waals surface area contributed by atoms with Crippen molar-refractivity contribution in [3.05, 3.63) is 52.4 Å². The Bertz CT molecular complexity index is 1020. The molecule has 0 bridgehead atoms. The van der Waals surface area contributed by atoms with Crippen LogP contribution in [0.4, 0.5) is 10.7 Å². The molecule has 1 atom stereocenters. The normalized spacial score (nSPS) is 16.1. The van der Waals surface area contributed by atoms with Gasteiger partial charge in [-0.1, -0.05) is 11.6 Å². The highest BCUT2D eigenvalue weighted by molar-refractivity contribution is 6.31. The van der Waals surface area contributed by atoms with E-state index in [2.05, 4.69) is 15.0 Å². The van der Waals surface area contributed by atoms with Crippen LogP contribution in [0.25, 0.3) is 10.9 Å². The first-order valence-corrected chi connectivity index (χ1v) is 9.60. The summed E-state index contributed by atoms with van der Waals surface area (Å²) in [5.41, 5.74) is 3.95. The standard InChI is InChI=1S/C20H22ClN5O2/c1-4-28-20(27)26-8-7-14-15-9-13(21)5-6-16(15)24-17(14)18(26)12-10-22-19(23-11-12)25(2)3/h5-6,9-11,18,24H,4,7-8H2,1-3H3. The van der Waals surface area contributed by atoms with E-state index in [1.165, 1.54) is 5.56 Å². The number of carbonyl (C=O) groups excluding carboxylic acids is 1. The number of amides is 1. The molecule has 0 spiro atoms.